The molecule has 2 saturated carbocycles. The van der Waals surface area contributed by atoms with E-state index in [1.165, 1.54) is 19.3 Å². The summed E-state index contributed by atoms with van der Waals surface area (Å²) in [4.78, 5) is 11.2. The SMILES string of the molecule is C=C(C)C(=O)OCCO[C@@H]1C[C@H]2C[C@H]1[C@H]1CC=C[C@@H]21. The maximum Gasteiger partial charge on any atom is 0.333 e. The van der Waals surface area contributed by atoms with Gasteiger partial charge < -0.3 is 9.47 Å². The highest BCUT2D eigenvalue weighted by Crippen LogP contribution is 2.57. The Balaban J connectivity index is 1.41. The third-order valence-corrected chi connectivity index (χ3v) is 4.94. The van der Waals surface area contributed by atoms with E-state index in [0.717, 1.165) is 23.7 Å². The summed E-state index contributed by atoms with van der Waals surface area (Å²) in [7, 11) is 0. The summed E-state index contributed by atoms with van der Waals surface area (Å²) in [6.07, 6.45) is 8.89. The zero-order valence-corrected chi connectivity index (χ0v) is 11.5. The topological polar surface area (TPSA) is 35.5 Å². The molecule has 104 valence electrons. The Morgan fingerprint density at radius 1 is 1.32 bits per heavy atom. The van der Waals surface area contributed by atoms with E-state index in [2.05, 4.69) is 18.7 Å². The molecular formula is C16H22O3. The molecule has 2 fully saturated rings. The third-order valence-electron chi connectivity index (χ3n) is 4.94. The van der Waals surface area contributed by atoms with Gasteiger partial charge in [-0.2, -0.15) is 0 Å². The molecule has 0 spiro atoms. The fourth-order valence-corrected chi connectivity index (χ4v) is 4.14. The van der Waals surface area contributed by atoms with Gasteiger partial charge in [0.1, 0.15) is 6.61 Å². The summed E-state index contributed by atoms with van der Waals surface area (Å²) < 4.78 is 11.0. The predicted octanol–water partition coefficient (Wildman–Crippen LogP) is 2.72. The Hall–Kier alpha value is -1.09. The average molecular weight is 262 g/mol. The molecule has 19 heavy (non-hydrogen) atoms. The van der Waals surface area contributed by atoms with E-state index in [0.29, 0.717) is 24.9 Å². The molecule has 3 aliphatic carbocycles. The highest BCUT2D eigenvalue weighted by Gasteiger charge is 2.52. The zero-order chi connectivity index (χ0) is 13.4. The Morgan fingerprint density at radius 3 is 2.95 bits per heavy atom. The van der Waals surface area contributed by atoms with Crippen LogP contribution in [-0.2, 0) is 14.3 Å². The number of ether oxygens (including phenoxy) is 2. The minimum atomic E-state index is -0.323. The fourth-order valence-electron chi connectivity index (χ4n) is 4.14. The van der Waals surface area contributed by atoms with Crippen LogP contribution in [0.1, 0.15) is 26.2 Å². The van der Waals surface area contributed by atoms with Gasteiger partial charge in [-0.3, -0.25) is 0 Å². The van der Waals surface area contributed by atoms with Crippen molar-refractivity contribution >= 4 is 5.97 Å². The second-order valence-electron chi connectivity index (χ2n) is 6.13. The molecular weight excluding hydrogens is 240 g/mol. The second kappa shape index (κ2) is 5.12. The molecule has 0 aromatic heterocycles. The van der Waals surface area contributed by atoms with E-state index >= 15 is 0 Å². The van der Waals surface area contributed by atoms with Crippen molar-refractivity contribution in [3.8, 4) is 0 Å². The molecule has 0 aromatic carbocycles. The number of hydrogen-bond acceptors (Lipinski definition) is 3. The van der Waals surface area contributed by atoms with Crippen molar-refractivity contribution in [2.24, 2.45) is 23.7 Å². The number of carbonyl (C=O) groups excluding carboxylic acids is 1. The van der Waals surface area contributed by atoms with Gasteiger partial charge in [-0.1, -0.05) is 18.7 Å². The average Bonchev–Trinajstić information content (AvgIpc) is 3.05. The quantitative estimate of drug-likeness (QED) is 0.331. The van der Waals surface area contributed by atoms with Crippen LogP contribution >= 0.6 is 0 Å². The van der Waals surface area contributed by atoms with Crippen LogP contribution in [-0.4, -0.2) is 25.3 Å². The summed E-state index contributed by atoms with van der Waals surface area (Å²) in [6, 6.07) is 0. The molecule has 0 aliphatic heterocycles. The third kappa shape index (κ3) is 2.36. The lowest BCUT2D eigenvalue weighted by atomic mass is 9.80. The highest BCUT2D eigenvalue weighted by atomic mass is 16.6. The molecule has 2 bridgehead atoms. The van der Waals surface area contributed by atoms with E-state index in [1.807, 2.05) is 0 Å². The standard InChI is InChI=1S/C16H22O3/c1-10(2)16(17)19-7-6-18-15-9-11-8-14(15)13-5-3-4-12(11)13/h3-4,11-15H,1,5-9H2,2H3/t11-,12+,13+,14+,15-/m1/s1. The summed E-state index contributed by atoms with van der Waals surface area (Å²) in [5.41, 5.74) is 0.444. The molecule has 5 atom stereocenters. The largest absolute Gasteiger partial charge is 0.460 e. The van der Waals surface area contributed by atoms with Crippen LogP contribution < -0.4 is 0 Å². The van der Waals surface area contributed by atoms with E-state index in [1.54, 1.807) is 6.92 Å². The monoisotopic (exact) mass is 262 g/mol. The van der Waals surface area contributed by atoms with Gasteiger partial charge in [0.05, 0.1) is 12.7 Å². The maximum atomic E-state index is 11.2. The van der Waals surface area contributed by atoms with Crippen molar-refractivity contribution in [2.45, 2.75) is 32.3 Å². The summed E-state index contributed by atoms with van der Waals surface area (Å²) in [5.74, 6) is 2.88. The molecule has 3 nitrogen and oxygen atoms in total. The maximum absolute atomic E-state index is 11.2. The van der Waals surface area contributed by atoms with Crippen LogP contribution in [0.4, 0.5) is 0 Å². The van der Waals surface area contributed by atoms with E-state index < -0.39 is 0 Å². The van der Waals surface area contributed by atoms with Crippen LogP contribution in [0.3, 0.4) is 0 Å². The fraction of sp³-hybridized carbons (Fsp3) is 0.688. The van der Waals surface area contributed by atoms with Crippen molar-refractivity contribution in [2.75, 3.05) is 13.2 Å². The van der Waals surface area contributed by atoms with Gasteiger partial charge in [0.25, 0.3) is 0 Å². The van der Waals surface area contributed by atoms with Crippen LogP contribution in [0.2, 0.25) is 0 Å². The van der Waals surface area contributed by atoms with E-state index in [9.17, 15) is 4.79 Å². The minimum absolute atomic E-state index is 0.323. The molecule has 0 heterocycles. The van der Waals surface area contributed by atoms with Gasteiger partial charge in [-0.05, 0) is 49.9 Å². The smallest absolute Gasteiger partial charge is 0.333 e. The summed E-state index contributed by atoms with van der Waals surface area (Å²) in [6.45, 7) is 6.07. The molecule has 0 unspecified atom stereocenters. The first-order valence-electron chi connectivity index (χ1n) is 7.27. The van der Waals surface area contributed by atoms with Crippen LogP contribution in [0.15, 0.2) is 24.3 Å². The molecule has 0 amide bonds. The second-order valence-corrected chi connectivity index (χ2v) is 6.13. The van der Waals surface area contributed by atoms with Crippen molar-refractivity contribution in [1.29, 1.82) is 0 Å². The molecule has 0 radical (unpaired) electrons. The number of rotatable bonds is 5. The normalized spacial score (nSPS) is 38.5. The first-order chi connectivity index (χ1) is 9.16. The number of esters is 1. The molecule has 0 N–H and O–H groups in total. The Bertz CT molecular complexity index is 412. The summed E-state index contributed by atoms with van der Waals surface area (Å²) in [5, 5.41) is 0. The zero-order valence-electron chi connectivity index (χ0n) is 11.5. The molecule has 0 aromatic rings. The lowest BCUT2D eigenvalue weighted by molar-refractivity contribution is -0.141. The Labute approximate surface area is 114 Å². The van der Waals surface area contributed by atoms with Crippen molar-refractivity contribution in [1.82, 2.24) is 0 Å². The van der Waals surface area contributed by atoms with E-state index in [-0.39, 0.29) is 5.97 Å². The van der Waals surface area contributed by atoms with Crippen molar-refractivity contribution in [3.05, 3.63) is 24.3 Å². The van der Waals surface area contributed by atoms with Crippen LogP contribution in [0.25, 0.3) is 0 Å². The number of allylic oxidation sites excluding steroid dienone is 2. The van der Waals surface area contributed by atoms with Gasteiger partial charge in [0, 0.05) is 5.57 Å². The molecule has 0 saturated heterocycles. The first kappa shape index (κ1) is 12.9. The molecule has 3 heteroatoms. The van der Waals surface area contributed by atoms with Gasteiger partial charge in [0.15, 0.2) is 0 Å². The minimum Gasteiger partial charge on any atom is -0.460 e. The number of fused-ring (bicyclic) bond motifs is 5. The first-order valence-corrected chi connectivity index (χ1v) is 7.27. The van der Waals surface area contributed by atoms with Gasteiger partial charge in [-0.15, -0.1) is 0 Å². The summed E-state index contributed by atoms with van der Waals surface area (Å²) >= 11 is 0. The van der Waals surface area contributed by atoms with Crippen LogP contribution in [0.5, 0.6) is 0 Å². The van der Waals surface area contributed by atoms with Crippen molar-refractivity contribution in [3.63, 3.8) is 0 Å². The lowest BCUT2D eigenvalue weighted by Crippen LogP contribution is -2.31. The van der Waals surface area contributed by atoms with E-state index in [4.69, 9.17) is 9.47 Å². The molecule has 3 aliphatic rings. The Morgan fingerprint density at radius 2 is 2.16 bits per heavy atom. The van der Waals surface area contributed by atoms with Gasteiger partial charge >= 0.3 is 5.97 Å². The molecule has 3 rings (SSSR count). The van der Waals surface area contributed by atoms with Crippen LogP contribution in [0, 0.1) is 23.7 Å². The van der Waals surface area contributed by atoms with Gasteiger partial charge in [0.2, 0.25) is 0 Å². The number of carbonyl (C=O) groups is 1. The Kier molecular flexibility index (Phi) is 3.48. The lowest BCUT2D eigenvalue weighted by Gasteiger charge is -2.31. The van der Waals surface area contributed by atoms with Gasteiger partial charge in [-0.25, -0.2) is 4.79 Å². The van der Waals surface area contributed by atoms with Crippen molar-refractivity contribution < 1.29 is 14.3 Å². The predicted molar refractivity (Wildman–Crippen MR) is 72.5 cm³/mol. The number of hydrogen-bond donors (Lipinski definition) is 0. The highest BCUT2D eigenvalue weighted by molar-refractivity contribution is 5.86.